The number of aromatic nitrogens is 2. The van der Waals surface area contributed by atoms with Crippen LogP contribution in [0, 0.1) is 5.92 Å². The van der Waals surface area contributed by atoms with E-state index >= 15 is 0 Å². The van der Waals surface area contributed by atoms with Crippen molar-refractivity contribution >= 4 is 17.5 Å². The van der Waals surface area contributed by atoms with Gasteiger partial charge < -0.3 is 20.5 Å². The van der Waals surface area contributed by atoms with Gasteiger partial charge in [0, 0.05) is 24.6 Å². The molecule has 1 aliphatic rings. The molecule has 0 amide bonds. The summed E-state index contributed by atoms with van der Waals surface area (Å²) in [6, 6.07) is 16.6. The van der Waals surface area contributed by atoms with Gasteiger partial charge in [-0.15, -0.1) is 10.2 Å². The molecule has 0 unspecified atom stereocenters. The van der Waals surface area contributed by atoms with Crippen molar-refractivity contribution in [1.29, 1.82) is 0 Å². The highest BCUT2D eigenvalue weighted by molar-refractivity contribution is 5.89. The number of aromatic hydroxyl groups is 1. The predicted octanol–water partition coefficient (Wildman–Crippen LogP) is 3.85. The van der Waals surface area contributed by atoms with Crippen LogP contribution in [0.5, 0.6) is 5.75 Å². The van der Waals surface area contributed by atoms with Gasteiger partial charge in [-0.2, -0.15) is 0 Å². The zero-order valence-electron chi connectivity index (χ0n) is 17.7. The number of carbonyl (C=O) groups excluding carboxylic acids is 1. The number of phenols is 1. The number of esters is 1. The number of rotatable bonds is 4. The Hall–Kier alpha value is -3.61. The molecule has 0 spiro atoms. The second kappa shape index (κ2) is 8.63. The van der Waals surface area contributed by atoms with Gasteiger partial charge in [-0.1, -0.05) is 31.2 Å². The number of hydrogen-bond acceptors (Lipinski definition) is 7. The third-order valence-corrected chi connectivity index (χ3v) is 6.04. The number of carbonyl (C=O) groups is 1. The monoisotopic (exact) mass is 418 g/mol. The largest absolute Gasteiger partial charge is 0.507 e. The number of ether oxygens (including phenoxy) is 1. The number of piperidine rings is 1. The number of nitrogens with two attached hydrogens (primary N) is 1. The lowest BCUT2D eigenvalue weighted by Crippen LogP contribution is -2.39. The molecule has 1 fully saturated rings. The first-order chi connectivity index (χ1) is 15.0. The summed E-state index contributed by atoms with van der Waals surface area (Å²) in [4.78, 5) is 14.0. The number of benzene rings is 2. The van der Waals surface area contributed by atoms with Crippen LogP contribution in [-0.2, 0) is 4.74 Å². The molecular formula is C24H26N4O3. The van der Waals surface area contributed by atoms with Gasteiger partial charge in [0.15, 0.2) is 5.82 Å². The summed E-state index contributed by atoms with van der Waals surface area (Å²) >= 11 is 0. The molecule has 2 atom stereocenters. The molecule has 0 saturated carbocycles. The van der Waals surface area contributed by atoms with E-state index in [9.17, 15) is 9.90 Å². The quantitative estimate of drug-likeness (QED) is 0.621. The van der Waals surface area contributed by atoms with E-state index in [-0.39, 0.29) is 17.6 Å². The summed E-state index contributed by atoms with van der Waals surface area (Å²) in [6.45, 7) is 3.88. The van der Waals surface area contributed by atoms with Crippen molar-refractivity contribution in [3.8, 4) is 17.0 Å². The highest BCUT2D eigenvalue weighted by atomic mass is 16.5. The predicted molar refractivity (Wildman–Crippen MR) is 120 cm³/mol. The van der Waals surface area contributed by atoms with Crippen LogP contribution >= 0.6 is 0 Å². The van der Waals surface area contributed by atoms with Crippen molar-refractivity contribution in [2.45, 2.75) is 19.3 Å². The lowest BCUT2D eigenvalue weighted by Gasteiger charge is -2.39. The van der Waals surface area contributed by atoms with Gasteiger partial charge in [0.2, 0.25) is 0 Å². The van der Waals surface area contributed by atoms with E-state index in [4.69, 9.17) is 10.5 Å². The fraction of sp³-hybridized carbons (Fsp3) is 0.292. The number of para-hydroxylation sites is 1. The topological polar surface area (TPSA) is 102 Å². The maximum atomic E-state index is 11.7. The zero-order chi connectivity index (χ0) is 22.0. The van der Waals surface area contributed by atoms with Gasteiger partial charge in [0.25, 0.3) is 0 Å². The number of methoxy groups -OCH3 is 1. The summed E-state index contributed by atoms with van der Waals surface area (Å²) in [7, 11) is 1.38. The molecule has 0 aliphatic carbocycles. The van der Waals surface area contributed by atoms with Crippen molar-refractivity contribution in [2.24, 2.45) is 5.92 Å². The number of nitrogens with zero attached hydrogens (tertiary/aromatic N) is 3. The van der Waals surface area contributed by atoms with Gasteiger partial charge in [-0.3, -0.25) is 0 Å². The molecule has 2 heterocycles. The molecule has 1 aromatic heterocycles. The summed E-state index contributed by atoms with van der Waals surface area (Å²) < 4.78 is 4.80. The maximum absolute atomic E-state index is 11.7. The van der Waals surface area contributed by atoms with Crippen LogP contribution in [0.15, 0.2) is 54.6 Å². The first-order valence-corrected chi connectivity index (χ1v) is 10.3. The van der Waals surface area contributed by atoms with E-state index in [1.54, 1.807) is 12.1 Å². The standard InChI is InChI=1S/C24H26N4O3/c1-15-11-12-28(14-19(15)16-7-9-17(10-8-16)24(30)31-2)21-13-20(26-27-23(21)25)18-5-3-4-6-22(18)29/h3-10,13,15,19,29H,11-12,14H2,1-2H3,(H2,25,27)/t15-,19+/m0/s1. The van der Waals surface area contributed by atoms with E-state index in [1.165, 1.54) is 12.7 Å². The van der Waals surface area contributed by atoms with Crippen molar-refractivity contribution < 1.29 is 14.6 Å². The smallest absolute Gasteiger partial charge is 0.337 e. The summed E-state index contributed by atoms with van der Waals surface area (Å²) in [5.74, 6) is 0.949. The van der Waals surface area contributed by atoms with Crippen molar-refractivity contribution in [3.05, 3.63) is 65.7 Å². The van der Waals surface area contributed by atoms with E-state index in [1.807, 2.05) is 42.5 Å². The normalized spacial score (nSPS) is 18.6. The molecule has 7 nitrogen and oxygen atoms in total. The Kier molecular flexibility index (Phi) is 5.75. The molecule has 160 valence electrons. The van der Waals surface area contributed by atoms with Crippen LogP contribution in [0.4, 0.5) is 11.5 Å². The molecular weight excluding hydrogens is 392 g/mol. The first kappa shape index (κ1) is 20.7. The number of phenolic OH excluding ortho intramolecular Hbond substituents is 1. The van der Waals surface area contributed by atoms with Crippen LogP contribution < -0.4 is 10.6 Å². The molecule has 0 bridgehead atoms. The van der Waals surface area contributed by atoms with E-state index in [0.717, 1.165) is 25.2 Å². The van der Waals surface area contributed by atoms with Gasteiger partial charge in [-0.05, 0) is 48.2 Å². The summed E-state index contributed by atoms with van der Waals surface area (Å²) in [5.41, 5.74) is 9.93. The highest BCUT2D eigenvalue weighted by Crippen LogP contribution is 2.37. The molecule has 4 rings (SSSR count). The lowest BCUT2D eigenvalue weighted by atomic mass is 9.81. The fourth-order valence-electron chi connectivity index (χ4n) is 4.17. The maximum Gasteiger partial charge on any atom is 0.337 e. The lowest BCUT2D eigenvalue weighted by molar-refractivity contribution is 0.0600. The van der Waals surface area contributed by atoms with Crippen LogP contribution in [0.3, 0.4) is 0 Å². The molecule has 3 N–H and O–H groups in total. The third-order valence-electron chi connectivity index (χ3n) is 6.04. The Morgan fingerprint density at radius 1 is 1.16 bits per heavy atom. The molecule has 3 aromatic rings. The molecule has 0 radical (unpaired) electrons. The van der Waals surface area contributed by atoms with Crippen molar-refractivity contribution in [3.63, 3.8) is 0 Å². The highest BCUT2D eigenvalue weighted by Gasteiger charge is 2.29. The first-order valence-electron chi connectivity index (χ1n) is 10.3. The van der Waals surface area contributed by atoms with Gasteiger partial charge in [0.05, 0.1) is 24.1 Å². The Morgan fingerprint density at radius 3 is 2.61 bits per heavy atom. The minimum Gasteiger partial charge on any atom is -0.507 e. The Labute approximate surface area is 181 Å². The van der Waals surface area contributed by atoms with Crippen LogP contribution in [-0.4, -0.2) is 41.5 Å². The van der Waals surface area contributed by atoms with Crippen LogP contribution in [0.1, 0.15) is 35.2 Å². The van der Waals surface area contributed by atoms with E-state index in [2.05, 4.69) is 22.0 Å². The minimum absolute atomic E-state index is 0.156. The van der Waals surface area contributed by atoms with Crippen LogP contribution in [0.25, 0.3) is 11.3 Å². The third kappa shape index (κ3) is 4.17. The average Bonchev–Trinajstić information content (AvgIpc) is 2.80. The molecule has 1 saturated heterocycles. The SMILES string of the molecule is COC(=O)c1ccc([C@@H]2CN(c3cc(-c4ccccc4O)nnc3N)CC[C@@H]2C)cc1. The molecule has 31 heavy (non-hydrogen) atoms. The van der Waals surface area contributed by atoms with E-state index < -0.39 is 0 Å². The van der Waals surface area contributed by atoms with Gasteiger partial charge in [0.1, 0.15) is 5.75 Å². The second-order valence-electron chi connectivity index (χ2n) is 7.95. The number of hydrogen-bond donors (Lipinski definition) is 2. The Bertz CT molecular complexity index is 1080. The summed E-state index contributed by atoms with van der Waals surface area (Å²) in [5, 5.41) is 18.5. The number of anilines is 2. The molecule has 7 heteroatoms. The van der Waals surface area contributed by atoms with E-state index in [0.29, 0.717) is 28.6 Å². The van der Waals surface area contributed by atoms with Gasteiger partial charge in [-0.25, -0.2) is 4.79 Å². The minimum atomic E-state index is -0.336. The van der Waals surface area contributed by atoms with Crippen molar-refractivity contribution in [1.82, 2.24) is 10.2 Å². The van der Waals surface area contributed by atoms with Gasteiger partial charge >= 0.3 is 5.97 Å². The molecule has 1 aliphatic heterocycles. The Morgan fingerprint density at radius 2 is 1.90 bits per heavy atom. The summed E-state index contributed by atoms with van der Waals surface area (Å²) in [6.07, 6.45) is 0.997. The zero-order valence-corrected chi connectivity index (χ0v) is 17.7. The van der Waals surface area contributed by atoms with Crippen molar-refractivity contribution in [2.75, 3.05) is 30.8 Å². The second-order valence-corrected chi connectivity index (χ2v) is 7.95. The Balaban J connectivity index is 1.61. The fourth-order valence-corrected chi connectivity index (χ4v) is 4.17. The number of nitrogen functional groups attached to an aromatic ring is 1. The van der Waals surface area contributed by atoms with Crippen LogP contribution in [0.2, 0.25) is 0 Å². The average molecular weight is 418 g/mol. The molecule has 2 aromatic carbocycles.